The highest BCUT2D eigenvalue weighted by Gasteiger charge is 2.34. The van der Waals surface area contributed by atoms with Gasteiger partial charge >= 0.3 is 0 Å². The van der Waals surface area contributed by atoms with Crippen LogP contribution in [0, 0.1) is 13.8 Å². The van der Waals surface area contributed by atoms with E-state index in [4.69, 9.17) is 4.74 Å². The Balaban J connectivity index is 1.85. The summed E-state index contributed by atoms with van der Waals surface area (Å²) >= 11 is 0. The molecule has 7 heteroatoms. The van der Waals surface area contributed by atoms with E-state index in [1.165, 1.54) is 4.31 Å². The van der Waals surface area contributed by atoms with Crippen molar-refractivity contribution in [2.24, 2.45) is 0 Å². The maximum absolute atomic E-state index is 13.5. The summed E-state index contributed by atoms with van der Waals surface area (Å²) in [6.07, 6.45) is 0. The summed E-state index contributed by atoms with van der Waals surface area (Å²) in [5.41, 5.74) is 2.47. The first-order chi connectivity index (χ1) is 12.5. The van der Waals surface area contributed by atoms with E-state index < -0.39 is 10.0 Å². The van der Waals surface area contributed by atoms with Gasteiger partial charge in [-0.2, -0.15) is 5.10 Å². The van der Waals surface area contributed by atoms with Crippen LogP contribution in [0.25, 0.3) is 5.69 Å². The Morgan fingerprint density at radius 1 is 1.00 bits per heavy atom. The largest absolute Gasteiger partial charge is 0.489 e. The average molecular weight is 369 g/mol. The van der Waals surface area contributed by atoms with Crippen LogP contribution in [0.1, 0.15) is 11.4 Å². The molecule has 0 spiro atoms. The van der Waals surface area contributed by atoms with Crippen molar-refractivity contribution in [3.05, 3.63) is 66.0 Å². The van der Waals surface area contributed by atoms with Crippen LogP contribution >= 0.6 is 0 Å². The van der Waals surface area contributed by atoms with E-state index in [0.29, 0.717) is 29.4 Å². The maximum atomic E-state index is 13.5. The number of rotatable bonds is 3. The van der Waals surface area contributed by atoms with Crippen molar-refractivity contribution < 1.29 is 13.2 Å². The number of ether oxygens (including phenoxy) is 1. The standard InChI is InChI=1S/C19H19N3O3S/c1-14-19(15(2)22(20-14)16-8-4-3-5-9-16)26(23,24)21-12-13-25-18-11-7-6-10-17(18)21/h3-11H,12-13H2,1-2H3. The van der Waals surface area contributed by atoms with Gasteiger partial charge in [-0.05, 0) is 38.1 Å². The zero-order valence-corrected chi connectivity index (χ0v) is 15.4. The number of anilines is 1. The van der Waals surface area contributed by atoms with E-state index in [-0.39, 0.29) is 11.4 Å². The molecule has 1 aliphatic rings. The van der Waals surface area contributed by atoms with E-state index >= 15 is 0 Å². The van der Waals surface area contributed by atoms with Crippen LogP contribution in [-0.4, -0.2) is 31.3 Å². The number of nitrogens with zero attached hydrogens (tertiary/aromatic N) is 3. The SMILES string of the molecule is Cc1nn(-c2ccccc2)c(C)c1S(=O)(=O)N1CCOc2ccccc21. The third-order valence-electron chi connectivity index (χ3n) is 4.46. The zero-order chi connectivity index (χ0) is 18.3. The Morgan fingerprint density at radius 2 is 1.69 bits per heavy atom. The molecule has 2 aromatic carbocycles. The number of hydrogen-bond acceptors (Lipinski definition) is 4. The van der Waals surface area contributed by atoms with Crippen LogP contribution in [0.4, 0.5) is 5.69 Å². The molecule has 0 radical (unpaired) electrons. The lowest BCUT2D eigenvalue weighted by molar-refractivity contribution is 0.316. The summed E-state index contributed by atoms with van der Waals surface area (Å²) in [6, 6.07) is 16.7. The van der Waals surface area contributed by atoms with Gasteiger partial charge in [-0.1, -0.05) is 30.3 Å². The minimum atomic E-state index is -3.75. The first kappa shape index (κ1) is 16.7. The molecule has 26 heavy (non-hydrogen) atoms. The quantitative estimate of drug-likeness (QED) is 0.712. The predicted octanol–water partition coefficient (Wildman–Crippen LogP) is 3.08. The molecule has 0 unspecified atom stereocenters. The second-order valence-electron chi connectivity index (χ2n) is 6.14. The molecule has 0 amide bonds. The monoisotopic (exact) mass is 369 g/mol. The van der Waals surface area contributed by atoms with Gasteiger partial charge in [0.05, 0.1) is 29.3 Å². The van der Waals surface area contributed by atoms with Crippen molar-refractivity contribution in [3.8, 4) is 11.4 Å². The number of aromatic nitrogens is 2. The summed E-state index contributed by atoms with van der Waals surface area (Å²) in [7, 11) is -3.75. The number of fused-ring (bicyclic) bond motifs is 1. The van der Waals surface area contributed by atoms with Crippen molar-refractivity contribution in [1.29, 1.82) is 0 Å². The molecule has 134 valence electrons. The first-order valence-corrected chi connectivity index (χ1v) is 9.80. The van der Waals surface area contributed by atoms with Gasteiger partial charge in [0.2, 0.25) is 0 Å². The van der Waals surface area contributed by atoms with Crippen molar-refractivity contribution in [3.63, 3.8) is 0 Å². The second-order valence-corrected chi connectivity index (χ2v) is 7.94. The third kappa shape index (κ3) is 2.55. The summed E-state index contributed by atoms with van der Waals surface area (Å²) in [6.45, 7) is 4.10. The highest BCUT2D eigenvalue weighted by molar-refractivity contribution is 7.93. The van der Waals surface area contributed by atoms with Crippen molar-refractivity contribution in [2.75, 3.05) is 17.5 Å². The number of hydrogen-bond donors (Lipinski definition) is 0. The number of aryl methyl sites for hydroxylation is 1. The smallest absolute Gasteiger partial charge is 0.268 e. The van der Waals surface area contributed by atoms with Crippen LogP contribution in [0.5, 0.6) is 5.75 Å². The fourth-order valence-corrected chi connectivity index (χ4v) is 5.15. The van der Waals surface area contributed by atoms with Gasteiger partial charge in [0, 0.05) is 0 Å². The minimum absolute atomic E-state index is 0.248. The van der Waals surface area contributed by atoms with Crippen LogP contribution in [0.15, 0.2) is 59.5 Å². The van der Waals surface area contributed by atoms with Crippen LogP contribution in [-0.2, 0) is 10.0 Å². The molecule has 1 aliphatic heterocycles. The molecule has 0 saturated heterocycles. The summed E-state index contributed by atoms with van der Waals surface area (Å²) in [5.74, 6) is 0.577. The Labute approximate surface area is 152 Å². The van der Waals surface area contributed by atoms with Gasteiger partial charge in [-0.3, -0.25) is 4.31 Å². The van der Waals surface area contributed by atoms with Gasteiger partial charge in [0.25, 0.3) is 10.0 Å². The summed E-state index contributed by atoms with van der Waals surface area (Å²) in [5, 5.41) is 4.48. The predicted molar refractivity (Wildman–Crippen MR) is 99.5 cm³/mol. The molecule has 0 atom stereocenters. The Hall–Kier alpha value is -2.80. The molecule has 4 rings (SSSR count). The molecule has 0 fully saturated rings. The molecule has 0 aliphatic carbocycles. The number of sulfonamides is 1. The number of para-hydroxylation sites is 3. The van der Waals surface area contributed by atoms with Crippen LogP contribution < -0.4 is 9.04 Å². The lowest BCUT2D eigenvalue weighted by atomic mass is 10.2. The van der Waals surface area contributed by atoms with E-state index in [0.717, 1.165) is 5.69 Å². The lowest BCUT2D eigenvalue weighted by Crippen LogP contribution is -2.38. The van der Waals surface area contributed by atoms with Crippen molar-refractivity contribution >= 4 is 15.7 Å². The minimum Gasteiger partial charge on any atom is -0.489 e. The van der Waals surface area contributed by atoms with Gasteiger partial charge in [0.15, 0.2) is 0 Å². The highest BCUT2D eigenvalue weighted by Crippen LogP contribution is 2.36. The number of benzene rings is 2. The van der Waals surface area contributed by atoms with Crippen molar-refractivity contribution in [1.82, 2.24) is 9.78 Å². The van der Waals surface area contributed by atoms with E-state index in [9.17, 15) is 8.42 Å². The Bertz CT molecular complexity index is 1060. The maximum Gasteiger partial charge on any atom is 0.268 e. The molecule has 1 aromatic heterocycles. The van der Waals surface area contributed by atoms with Gasteiger partial charge in [-0.15, -0.1) is 0 Å². The topological polar surface area (TPSA) is 64.4 Å². The van der Waals surface area contributed by atoms with E-state index in [2.05, 4.69) is 5.10 Å². The first-order valence-electron chi connectivity index (χ1n) is 8.36. The molecular weight excluding hydrogens is 350 g/mol. The molecule has 0 N–H and O–H groups in total. The Kier molecular flexibility index (Phi) is 3.96. The van der Waals surface area contributed by atoms with Gasteiger partial charge in [0.1, 0.15) is 17.3 Å². The molecule has 3 aromatic rings. The molecular formula is C19H19N3O3S. The molecule has 2 heterocycles. The summed E-state index contributed by atoms with van der Waals surface area (Å²) in [4.78, 5) is 0.248. The van der Waals surface area contributed by atoms with E-state index in [1.54, 1.807) is 30.7 Å². The van der Waals surface area contributed by atoms with E-state index in [1.807, 2.05) is 42.5 Å². The fraction of sp³-hybridized carbons (Fsp3) is 0.211. The second kappa shape index (κ2) is 6.17. The van der Waals surface area contributed by atoms with Crippen molar-refractivity contribution in [2.45, 2.75) is 18.7 Å². The zero-order valence-electron chi connectivity index (χ0n) is 14.6. The normalized spacial score (nSPS) is 14.0. The average Bonchev–Trinajstić information content (AvgIpc) is 2.97. The molecule has 6 nitrogen and oxygen atoms in total. The molecule has 0 bridgehead atoms. The third-order valence-corrected chi connectivity index (χ3v) is 6.53. The summed E-state index contributed by atoms with van der Waals surface area (Å²) < 4.78 is 35.6. The highest BCUT2D eigenvalue weighted by atomic mass is 32.2. The van der Waals surface area contributed by atoms with Crippen LogP contribution in [0.3, 0.4) is 0 Å². The fourth-order valence-electron chi connectivity index (χ4n) is 3.33. The van der Waals surface area contributed by atoms with Crippen LogP contribution in [0.2, 0.25) is 0 Å². The lowest BCUT2D eigenvalue weighted by Gasteiger charge is -2.30. The van der Waals surface area contributed by atoms with Gasteiger partial charge in [-0.25, -0.2) is 13.1 Å². The van der Waals surface area contributed by atoms with Gasteiger partial charge < -0.3 is 4.74 Å². The molecule has 0 saturated carbocycles. The Morgan fingerprint density at radius 3 is 2.46 bits per heavy atom.